The number of alkyl halides is 6. The molecule has 0 aromatic carbocycles. The minimum atomic E-state index is -5.08. The molecule has 10 nitrogen and oxygen atoms in total. The third-order valence-electron chi connectivity index (χ3n) is 5.87. The minimum Gasteiger partial charge on any atom is -0.475 e. The maximum atomic E-state index is 10.6. The van der Waals surface area contributed by atoms with E-state index in [0.29, 0.717) is 0 Å². The molecule has 0 aliphatic carbocycles. The van der Waals surface area contributed by atoms with Crippen molar-refractivity contribution in [2.24, 2.45) is 5.41 Å². The number of hydrogen-bond acceptors (Lipinski definition) is 8. The van der Waals surface area contributed by atoms with Gasteiger partial charge in [0.2, 0.25) is 5.95 Å². The van der Waals surface area contributed by atoms with Crippen LogP contribution in [-0.4, -0.2) is 88.8 Å². The Morgan fingerprint density at radius 1 is 1.00 bits per heavy atom. The molecular formula is C23H28F6N4O6. The average molecular weight is 570 g/mol. The van der Waals surface area contributed by atoms with E-state index >= 15 is 0 Å². The number of aryl methyl sites for hydroxylation is 2. The van der Waals surface area contributed by atoms with E-state index in [0.717, 1.165) is 69.8 Å². The summed E-state index contributed by atoms with van der Waals surface area (Å²) in [6, 6.07) is 4.02. The molecule has 2 aliphatic rings. The Bertz CT molecular complexity index is 1050. The Hall–Kier alpha value is -3.40. The number of anilines is 1. The van der Waals surface area contributed by atoms with Gasteiger partial charge in [0.1, 0.15) is 11.5 Å². The molecule has 218 valence electrons. The molecule has 2 fully saturated rings. The third kappa shape index (κ3) is 10.0. The summed E-state index contributed by atoms with van der Waals surface area (Å²) in [5.41, 5.74) is 1.37. The van der Waals surface area contributed by atoms with E-state index < -0.39 is 24.3 Å². The number of rotatable bonds is 3. The van der Waals surface area contributed by atoms with Gasteiger partial charge in [0.05, 0.1) is 19.8 Å². The van der Waals surface area contributed by atoms with Crippen molar-refractivity contribution in [1.29, 1.82) is 0 Å². The SMILES string of the molecule is Cc1cc(CN2CCOCC3(CCN(c4ncccn4)C3)C2)oc1C.O=C(O)C(F)(F)F.O=C(O)C(F)(F)F. The molecule has 0 radical (unpaired) electrons. The summed E-state index contributed by atoms with van der Waals surface area (Å²) in [6.45, 7) is 10.5. The predicted molar refractivity (Wildman–Crippen MR) is 123 cm³/mol. The zero-order chi connectivity index (χ0) is 29.4. The van der Waals surface area contributed by atoms with E-state index in [-0.39, 0.29) is 5.41 Å². The number of nitrogens with zero attached hydrogens (tertiary/aromatic N) is 4. The van der Waals surface area contributed by atoms with E-state index in [4.69, 9.17) is 29.0 Å². The van der Waals surface area contributed by atoms with Crippen LogP contribution < -0.4 is 4.90 Å². The Morgan fingerprint density at radius 2 is 1.56 bits per heavy atom. The number of carbonyl (C=O) groups is 2. The molecule has 2 N–H and O–H groups in total. The zero-order valence-electron chi connectivity index (χ0n) is 21.1. The Balaban J connectivity index is 0.000000317. The van der Waals surface area contributed by atoms with E-state index in [2.05, 4.69) is 32.8 Å². The van der Waals surface area contributed by atoms with Crippen LogP contribution in [0.15, 0.2) is 28.9 Å². The van der Waals surface area contributed by atoms with Crippen molar-refractivity contribution >= 4 is 17.9 Å². The molecule has 16 heteroatoms. The van der Waals surface area contributed by atoms with Gasteiger partial charge in [0.15, 0.2) is 0 Å². The fourth-order valence-electron chi connectivity index (χ4n) is 3.97. The van der Waals surface area contributed by atoms with Crippen molar-refractivity contribution in [3.05, 3.63) is 41.6 Å². The normalized spacial score (nSPS) is 19.9. The second-order valence-electron chi connectivity index (χ2n) is 9.04. The van der Waals surface area contributed by atoms with Crippen LogP contribution in [0.25, 0.3) is 0 Å². The van der Waals surface area contributed by atoms with E-state index in [9.17, 15) is 26.3 Å². The van der Waals surface area contributed by atoms with Crippen LogP contribution in [0.4, 0.5) is 32.3 Å². The van der Waals surface area contributed by atoms with Crippen molar-refractivity contribution in [3.63, 3.8) is 0 Å². The van der Waals surface area contributed by atoms with Crippen molar-refractivity contribution in [1.82, 2.24) is 14.9 Å². The largest absolute Gasteiger partial charge is 0.490 e. The maximum Gasteiger partial charge on any atom is 0.490 e. The van der Waals surface area contributed by atoms with Crippen molar-refractivity contribution in [2.75, 3.05) is 44.3 Å². The van der Waals surface area contributed by atoms with Crippen LogP contribution in [0.5, 0.6) is 0 Å². The van der Waals surface area contributed by atoms with Crippen molar-refractivity contribution in [2.45, 2.75) is 39.2 Å². The Kier molecular flexibility index (Phi) is 10.7. The number of aliphatic carboxylic acids is 2. The summed E-state index contributed by atoms with van der Waals surface area (Å²) < 4.78 is 75.3. The Morgan fingerprint density at radius 3 is 2.05 bits per heavy atom. The smallest absolute Gasteiger partial charge is 0.475 e. The van der Waals surface area contributed by atoms with Gasteiger partial charge in [0, 0.05) is 44.0 Å². The number of carboxylic acids is 2. The summed E-state index contributed by atoms with van der Waals surface area (Å²) in [6.07, 6.45) is -5.44. The molecule has 0 amide bonds. The highest BCUT2D eigenvalue weighted by atomic mass is 19.4. The van der Waals surface area contributed by atoms with Gasteiger partial charge in [-0.15, -0.1) is 0 Å². The maximum absolute atomic E-state index is 10.6. The number of carboxylic acid groups (broad SMARTS) is 2. The number of furan rings is 1. The van der Waals surface area contributed by atoms with Gasteiger partial charge in [-0.3, -0.25) is 4.90 Å². The summed E-state index contributed by atoms with van der Waals surface area (Å²) >= 11 is 0. The van der Waals surface area contributed by atoms with E-state index in [1.54, 1.807) is 0 Å². The molecule has 2 aromatic rings. The fourth-order valence-corrected chi connectivity index (χ4v) is 3.97. The summed E-state index contributed by atoms with van der Waals surface area (Å²) in [7, 11) is 0. The lowest BCUT2D eigenvalue weighted by Crippen LogP contribution is -2.40. The molecule has 2 aromatic heterocycles. The van der Waals surface area contributed by atoms with E-state index in [1.807, 2.05) is 25.4 Å². The first kappa shape index (κ1) is 31.8. The van der Waals surface area contributed by atoms with Gasteiger partial charge in [-0.1, -0.05) is 0 Å². The molecule has 1 spiro atoms. The molecule has 4 rings (SSSR count). The first-order valence-corrected chi connectivity index (χ1v) is 11.5. The second-order valence-corrected chi connectivity index (χ2v) is 9.04. The molecule has 4 heterocycles. The van der Waals surface area contributed by atoms with Crippen LogP contribution in [0.2, 0.25) is 0 Å². The highest BCUT2D eigenvalue weighted by molar-refractivity contribution is 5.73. The topological polar surface area (TPSA) is 129 Å². The molecule has 0 bridgehead atoms. The number of halogens is 6. The second kappa shape index (κ2) is 13.1. The van der Waals surface area contributed by atoms with Gasteiger partial charge in [-0.25, -0.2) is 19.6 Å². The molecule has 2 saturated heterocycles. The summed E-state index contributed by atoms with van der Waals surface area (Å²) in [5, 5.41) is 14.2. The summed E-state index contributed by atoms with van der Waals surface area (Å²) in [4.78, 5) is 31.4. The quantitative estimate of drug-likeness (QED) is 0.528. The Labute approximate surface area is 219 Å². The van der Waals surface area contributed by atoms with Crippen molar-refractivity contribution in [3.8, 4) is 0 Å². The monoisotopic (exact) mass is 570 g/mol. The van der Waals surface area contributed by atoms with Gasteiger partial charge >= 0.3 is 24.3 Å². The van der Waals surface area contributed by atoms with Crippen LogP contribution >= 0.6 is 0 Å². The first-order chi connectivity index (χ1) is 18.0. The fraction of sp³-hybridized carbons (Fsp3) is 0.565. The van der Waals surface area contributed by atoms with Crippen LogP contribution in [0.3, 0.4) is 0 Å². The average Bonchev–Trinajstić information content (AvgIpc) is 3.32. The molecule has 2 aliphatic heterocycles. The molecule has 1 atom stereocenters. The van der Waals surface area contributed by atoms with Gasteiger partial charge in [-0.2, -0.15) is 26.3 Å². The summed E-state index contributed by atoms with van der Waals surface area (Å²) in [5.74, 6) is -2.62. The molecule has 0 saturated carbocycles. The standard InChI is InChI=1S/C19H26N4O2.2C2HF3O2/c1-15-10-17(25-16(15)2)11-22-8-9-24-14-19(12-22)4-7-23(13-19)18-20-5-3-6-21-18;2*3-2(4,5)1(6)7/h3,5-6,10H,4,7-9,11-14H2,1-2H3;2*(H,6,7). The van der Waals surface area contributed by atoms with E-state index in [1.165, 1.54) is 5.56 Å². The molecular weight excluding hydrogens is 542 g/mol. The predicted octanol–water partition coefficient (Wildman–Crippen LogP) is 3.68. The highest BCUT2D eigenvalue weighted by Crippen LogP contribution is 2.35. The number of aromatic nitrogens is 2. The van der Waals surface area contributed by atoms with Gasteiger partial charge < -0.3 is 24.3 Å². The highest BCUT2D eigenvalue weighted by Gasteiger charge is 2.42. The molecule has 39 heavy (non-hydrogen) atoms. The lowest BCUT2D eigenvalue weighted by atomic mass is 9.87. The first-order valence-electron chi connectivity index (χ1n) is 11.5. The number of hydrogen-bond donors (Lipinski definition) is 2. The molecule has 1 unspecified atom stereocenters. The minimum absolute atomic E-state index is 0.145. The van der Waals surface area contributed by atoms with Crippen LogP contribution in [-0.2, 0) is 20.9 Å². The lowest BCUT2D eigenvalue weighted by Gasteiger charge is -2.31. The zero-order valence-corrected chi connectivity index (χ0v) is 21.1. The third-order valence-corrected chi connectivity index (χ3v) is 5.87. The van der Waals surface area contributed by atoms with Crippen LogP contribution in [0, 0.1) is 19.3 Å². The lowest BCUT2D eigenvalue weighted by molar-refractivity contribution is -0.193. The van der Waals surface area contributed by atoms with Crippen LogP contribution in [0.1, 0.15) is 23.5 Å². The number of ether oxygens (including phenoxy) is 1. The van der Waals surface area contributed by atoms with Gasteiger partial charge in [-0.05, 0) is 38.0 Å². The van der Waals surface area contributed by atoms with Gasteiger partial charge in [0.25, 0.3) is 0 Å². The van der Waals surface area contributed by atoms with Crippen molar-refractivity contribution < 1.29 is 55.3 Å².